The monoisotopic (exact) mass is 440 g/mol. The fourth-order valence-electron chi connectivity index (χ4n) is 2.65. The molecule has 9 heteroatoms. The molecular formula is C20H30Cl2N6O. The zero-order valence-electron chi connectivity index (χ0n) is 17.3. The second-order valence-electron chi connectivity index (χ2n) is 6.63. The Balaban J connectivity index is 1.86. The summed E-state index contributed by atoms with van der Waals surface area (Å²) in [5.74, 6) is 2.45. The first-order valence-corrected chi connectivity index (χ1v) is 10.7. The molecular weight excluding hydrogens is 411 g/mol. The molecule has 1 aromatic carbocycles. The highest BCUT2D eigenvalue weighted by Gasteiger charge is 2.06. The summed E-state index contributed by atoms with van der Waals surface area (Å²) in [5, 5.41) is 16.3. The van der Waals surface area contributed by atoms with Gasteiger partial charge < -0.3 is 19.9 Å². The second kappa shape index (κ2) is 12.7. The summed E-state index contributed by atoms with van der Waals surface area (Å²) in [6.45, 7) is 7.40. The lowest BCUT2D eigenvalue weighted by Crippen LogP contribution is -2.39. The highest BCUT2D eigenvalue weighted by atomic mass is 35.5. The molecule has 160 valence electrons. The van der Waals surface area contributed by atoms with Crippen molar-refractivity contribution >= 4 is 29.2 Å². The van der Waals surface area contributed by atoms with E-state index < -0.39 is 0 Å². The smallest absolute Gasteiger partial charge is 0.191 e. The third-order valence-electron chi connectivity index (χ3n) is 4.45. The average Bonchev–Trinajstić information content (AvgIpc) is 3.02. The molecule has 0 aliphatic carbocycles. The Bertz CT molecular complexity index is 793. The van der Waals surface area contributed by atoms with Gasteiger partial charge in [0.05, 0.1) is 0 Å². The van der Waals surface area contributed by atoms with Crippen molar-refractivity contribution in [2.45, 2.75) is 39.7 Å². The molecule has 2 N–H and O–H groups in total. The van der Waals surface area contributed by atoms with Crippen LogP contribution in [0.5, 0.6) is 0 Å². The number of aryl methyl sites for hydroxylation is 2. The molecule has 1 heterocycles. The van der Waals surface area contributed by atoms with Gasteiger partial charge in [-0.2, -0.15) is 0 Å². The number of benzene rings is 1. The molecule has 0 aliphatic rings. The lowest BCUT2D eigenvalue weighted by molar-refractivity contribution is 0.145. The van der Waals surface area contributed by atoms with Crippen LogP contribution in [0.3, 0.4) is 0 Å². The first kappa shape index (κ1) is 23.4. The summed E-state index contributed by atoms with van der Waals surface area (Å²) in [7, 11) is 1.94. The van der Waals surface area contributed by atoms with Crippen LogP contribution < -0.4 is 10.6 Å². The summed E-state index contributed by atoms with van der Waals surface area (Å²) < 4.78 is 7.33. The summed E-state index contributed by atoms with van der Waals surface area (Å²) in [4.78, 5) is 4.65. The molecule has 0 fully saturated rings. The van der Waals surface area contributed by atoms with Crippen molar-refractivity contribution in [1.82, 2.24) is 25.4 Å². The van der Waals surface area contributed by atoms with E-state index in [1.807, 2.05) is 37.6 Å². The van der Waals surface area contributed by atoms with E-state index >= 15 is 0 Å². The Morgan fingerprint density at radius 1 is 1.17 bits per heavy atom. The van der Waals surface area contributed by atoms with E-state index in [1.165, 1.54) is 0 Å². The highest BCUT2D eigenvalue weighted by molar-refractivity contribution is 6.35. The van der Waals surface area contributed by atoms with Crippen molar-refractivity contribution < 1.29 is 4.74 Å². The van der Waals surface area contributed by atoms with E-state index in [9.17, 15) is 0 Å². The van der Waals surface area contributed by atoms with E-state index in [2.05, 4.69) is 25.8 Å². The zero-order valence-corrected chi connectivity index (χ0v) is 18.9. The maximum Gasteiger partial charge on any atom is 0.191 e. The molecule has 0 unspecified atom stereocenters. The molecule has 0 aliphatic heterocycles. The molecule has 0 atom stereocenters. The van der Waals surface area contributed by atoms with Crippen LogP contribution >= 0.6 is 23.2 Å². The molecule has 29 heavy (non-hydrogen) atoms. The van der Waals surface area contributed by atoms with Gasteiger partial charge in [-0.3, -0.25) is 0 Å². The van der Waals surface area contributed by atoms with Crippen molar-refractivity contribution in [2.75, 3.05) is 26.3 Å². The molecule has 0 amide bonds. The number of guanidine groups is 1. The molecule has 7 nitrogen and oxygen atoms in total. The number of nitrogens with zero attached hydrogens (tertiary/aromatic N) is 4. The minimum absolute atomic E-state index is 0.459. The number of hydrogen-bond acceptors (Lipinski definition) is 4. The second-order valence-corrected chi connectivity index (χ2v) is 7.47. The summed E-state index contributed by atoms with van der Waals surface area (Å²) in [6, 6.07) is 5.62. The molecule has 2 rings (SSSR count). The summed E-state index contributed by atoms with van der Waals surface area (Å²) in [5.41, 5.74) is 1.09. The minimum Gasteiger partial charge on any atom is -0.382 e. The maximum absolute atomic E-state index is 6.25. The lowest BCUT2D eigenvalue weighted by Gasteiger charge is -2.13. The lowest BCUT2D eigenvalue weighted by atomic mass is 10.1. The van der Waals surface area contributed by atoms with Crippen molar-refractivity contribution in [2.24, 2.45) is 12.0 Å². The van der Waals surface area contributed by atoms with Gasteiger partial charge in [0.1, 0.15) is 12.4 Å². The Labute approximate surface area is 182 Å². The van der Waals surface area contributed by atoms with Crippen LogP contribution in [0.1, 0.15) is 37.0 Å². The number of aromatic nitrogens is 3. The molecule has 0 saturated heterocycles. The predicted octanol–water partition coefficient (Wildman–Crippen LogP) is 3.52. The minimum atomic E-state index is 0.459. The average molecular weight is 441 g/mol. The van der Waals surface area contributed by atoms with Gasteiger partial charge in [-0.1, -0.05) is 29.3 Å². The van der Waals surface area contributed by atoms with Gasteiger partial charge in [0.15, 0.2) is 11.8 Å². The third-order valence-corrected chi connectivity index (χ3v) is 5.04. The summed E-state index contributed by atoms with van der Waals surface area (Å²) >= 11 is 12.2. The number of halogens is 2. The van der Waals surface area contributed by atoms with Crippen LogP contribution in [0.25, 0.3) is 0 Å². The van der Waals surface area contributed by atoms with E-state index in [0.29, 0.717) is 16.6 Å². The number of ether oxygens (including phenoxy) is 1. The van der Waals surface area contributed by atoms with Crippen LogP contribution in [-0.2, 0) is 24.8 Å². The largest absolute Gasteiger partial charge is 0.382 e. The van der Waals surface area contributed by atoms with Crippen molar-refractivity contribution in [3.05, 3.63) is 45.5 Å². The molecule has 0 saturated carbocycles. The molecule has 1 aromatic heterocycles. The highest BCUT2D eigenvalue weighted by Crippen LogP contribution is 2.21. The topological polar surface area (TPSA) is 76.4 Å². The van der Waals surface area contributed by atoms with Crippen LogP contribution in [0.2, 0.25) is 10.0 Å². The van der Waals surface area contributed by atoms with E-state index in [-0.39, 0.29) is 0 Å². The molecule has 0 spiro atoms. The van der Waals surface area contributed by atoms with Gasteiger partial charge in [0, 0.05) is 43.4 Å². The molecule has 2 aromatic rings. The molecule has 0 radical (unpaired) electrons. The van der Waals surface area contributed by atoms with Gasteiger partial charge in [-0.25, -0.2) is 4.99 Å². The quantitative estimate of drug-likeness (QED) is 0.317. The number of nitrogens with one attached hydrogen (secondary N) is 2. The van der Waals surface area contributed by atoms with Crippen LogP contribution in [0, 0.1) is 6.92 Å². The van der Waals surface area contributed by atoms with Crippen molar-refractivity contribution in [3.63, 3.8) is 0 Å². The van der Waals surface area contributed by atoms with E-state index in [0.717, 1.165) is 68.7 Å². The van der Waals surface area contributed by atoms with Gasteiger partial charge in [-0.15, -0.1) is 10.2 Å². The van der Waals surface area contributed by atoms with Crippen LogP contribution in [0.4, 0.5) is 0 Å². The SMILES string of the molecule is CCOCCCNC(=NCc1nnc(C)n1C)NCCCc1ccc(Cl)cc1Cl. The number of hydrogen-bond donors (Lipinski definition) is 2. The number of rotatable bonds is 11. The van der Waals surface area contributed by atoms with Gasteiger partial charge in [0.2, 0.25) is 0 Å². The molecule has 0 bridgehead atoms. The van der Waals surface area contributed by atoms with Crippen LogP contribution in [-0.4, -0.2) is 47.0 Å². The first-order valence-electron chi connectivity index (χ1n) is 9.90. The standard InChI is InChI=1S/C20H30Cl2N6O/c1-4-29-12-6-11-24-20(25-14-19-27-26-15(2)28(19)3)23-10-5-7-16-8-9-17(21)13-18(16)22/h8-9,13H,4-7,10-12,14H2,1-3H3,(H2,23,24,25). The van der Waals surface area contributed by atoms with Crippen molar-refractivity contribution in [3.8, 4) is 0 Å². The number of aliphatic imine (C=N–C) groups is 1. The Morgan fingerprint density at radius 3 is 2.59 bits per heavy atom. The van der Waals surface area contributed by atoms with Gasteiger partial charge >= 0.3 is 0 Å². The van der Waals surface area contributed by atoms with E-state index in [4.69, 9.17) is 27.9 Å². The zero-order chi connectivity index (χ0) is 21.1. The Kier molecular flexibility index (Phi) is 10.2. The maximum atomic E-state index is 6.25. The Morgan fingerprint density at radius 2 is 1.93 bits per heavy atom. The predicted molar refractivity (Wildman–Crippen MR) is 119 cm³/mol. The summed E-state index contributed by atoms with van der Waals surface area (Å²) in [6.07, 6.45) is 2.70. The third kappa shape index (κ3) is 8.20. The van der Waals surface area contributed by atoms with Crippen LogP contribution in [0.15, 0.2) is 23.2 Å². The first-order chi connectivity index (χ1) is 14.0. The van der Waals surface area contributed by atoms with Crippen molar-refractivity contribution in [1.29, 1.82) is 0 Å². The van der Waals surface area contributed by atoms with Gasteiger partial charge in [0.25, 0.3) is 0 Å². The Hall–Kier alpha value is -1.83. The van der Waals surface area contributed by atoms with E-state index in [1.54, 1.807) is 6.07 Å². The fourth-order valence-corrected chi connectivity index (χ4v) is 3.15. The van der Waals surface area contributed by atoms with Gasteiger partial charge in [-0.05, 0) is 50.8 Å². The normalized spacial score (nSPS) is 11.7. The fraction of sp³-hybridized carbons (Fsp3) is 0.550.